The molecule has 2 rings (SSSR count). The van der Waals surface area contributed by atoms with Crippen LogP contribution in [0, 0.1) is 11.3 Å². The van der Waals surface area contributed by atoms with E-state index in [1.807, 2.05) is 6.07 Å². The van der Waals surface area contributed by atoms with Gasteiger partial charge < -0.3 is 15.2 Å². The number of hydrogen-bond acceptors (Lipinski definition) is 4. The number of nitrogens with one attached hydrogen (secondary N) is 1. The highest BCUT2D eigenvalue weighted by molar-refractivity contribution is 5.87. The van der Waals surface area contributed by atoms with E-state index in [9.17, 15) is 4.79 Å². The minimum absolute atomic E-state index is 0.415. The van der Waals surface area contributed by atoms with Crippen molar-refractivity contribution in [1.82, 2.24) is 0 Å². The van der Waals surface area contributed by atoms with Crippen LogP contribution < -0.4 is 10.1 Å². The fraction of sp³-hybridized carbons (Fsp3) is 0.333. The van der Waals surface area contributed by atoms with E-state index in [-0.39, 0.29) is 0 Å². The maximum atomic E-state index is 11.1. The van der Waals surface area contributed by atoms with Gasteiger partial charge in [-0.3, -0.25) is 0 Å². The Balaban J connectivity index is 2.31. The van der Waals surface area contributed by atoms with Gasteiger partial charge in [0.15, 0.2) is 0 Å². The van der Waals surface area contributed by atoms with Gasteiger partial charge in [0.05, 0.1) is 18.4 Å². The quantitative estimate of drug-likeness (QED) is 0.823. The number of rotatable bonds is 4. The molecule has 0 heterocycles. The SMILES string of the molecule is COc1ccc(C#N)c(NC2(C(=O)O)CC2)c1. The van der Waals surface area contributed by atoms with Crippen molar-refractivity contribution in [3.8, 4) is 11.8 Å². The number of nitriles is 1. The summed E-state index contributed by atoms with van der Waals surface area (Å²) < 4.78 is 5.05. The van der Waals surface area contributed by atoms with Crippen LogP contribution in [0.3, 0.4) is 0 Å². The van der Waals surface area contributed by atoms with Crippen LogP contribution in [0.2, 0.25) is 0 Å². The summed E-state index contributed by atoms with van der Waals surface area (Å²) in [4.78, 5) is 11.1. The van der Waals surface area contributed by atoms with Gasteiger partial charge in [-0.05, 0) is 25.0 Å². The standard InChI is InChI=1S/C12H12N2O3/c1-17-9-3-2-8(7-13)10(6-9)14-12(4-5-12)11(15)16/h2-3,6,14H,4-5H2,1H3,(H,15,16). The zero-order valence-corrected chi connectivity index (χ0v) is 9.36. The van der Waals surface area contributed by atoms with Gasteiger partial charge in [0.25, 0.3) is 0 Å². The molecular weight excluding hydrogens is 220 g/mol. The Hall–Kier alpha value is -2.22. The summed E-state index contributed by atoms with van der Waals surface area (Å²) in [5, 5.41) is 21.0. The Morgan fingerprint density at radius 1 is 1.59 bits per heavy atom. The van der Waals surface area contributed by atoms with Crippen LogP contribution in [0.1, 0.15) is 18.4 Å². The summed E-state index contributed by atoms with van der Waals surface area (Å²) in [7, 11) is 1.52. The van der Waals surface area contributed by atoms with Crippen LogP contribution in [0.25, 0.3) is 0 Å². The first kappa shape index (κ1) is 11.3. The van der Waals surface area contributed by atoms with E-state index in [2.05, 4.69) is 5.32 Å². The average molecular weight is 232 g/mol. The Kier molecular flexibility index (Phi) is 2.64. The molecule has 0 saturated heterocycles. The molecule has 0 amide bonds. The second-order valence-electron chi connectivity index (χ2n) is 4.04. The molecule has 0 aromatic heterocycles. The van der Waals surface area contributed by atoms with Gasteiger partial charge >= 0.3 is 5.97 Å². The highest BCUT2D eigenvalue weighted by atomic mass is 16.5. The third kappa shape index (κ3) is 2.02. The first-order valence-corrected chi connectivity index (χ1v) is 5.21. The van der Waals surface area contributed by atoms with Crippen molar-refractivity contribution >= 4 is 11.7 Å². The zero-order valence-electron chi connectivity index (χ0n) is 9.36. The predicted molar refractivity (Wildman–Crippen MR) is 60.9 cm³/mol. The Bertz CT molecular complexity index is 501. The number of carboxylic acid groups (broad SMARTS) is 1. The molecule has 0 radical (unpaired) electrons. The van der Waals surface area contributed by atoms with Gasteiger partial charge in [0, 0.05) is 6.07 Å². The van der Waals surface area contributed by atoms with E-state index >= 15 is 0 Å². The van der Waals surface area contributed by atoms with E-state index in [1.165, 1.54) is 7.11 Å². The van der Waals surface area contributed by atoms with E-state index in [4.69, 9.17) is 15.1 Å². The van der Waals surface area contributed by atoms with Crippen molar-refractivity contribution in [1.29, 1.82) is 5.26 Å². The molecule has 1 saturated carbocycles. The lowest BCUT2D eigenvalue weighted by molar-refractivity contribution is -0.138. The molecule has 1 aromatic rings. The lowest BCUT2D eigenvalue weighted by atomic mass is 10.1. The van der Waals surface area contributed by atoms with E-state index in [0.29, 0.717) is 29.8 Å². The topological polar surface area (TPSA) is 82.3 Å². The molecule has 1 aliphatic carbocycles. The molecule has 17 heavy (non-hydrogen) atoms. The average Bonchev–Trinajstić information content (AvgIpc) is 3.10. The third-order valence-corrected chi connectivity index (χ3v) is 2.88. The second kappa shape index (κ2) is 3.98. The summed E-state index contributed by atoms with van der Waals surface area (Å²) >= 11 is 0. The van der Waals surface area contributed by atoms with Crippen molar-refractivity contribution in [3.63, 3.8) is 0 Å². The highest BCUT2D eigenvalue weighted by Crippen LogP contribution is 2.40. The van der Waals surface area contributed by atoms with Crippen LogP contribution in [-0.4, -0.2) is 23.7 Å². The number of methoxy groups -OCH3 is 1. The number of benzene rings is 1. The van der Waals surface area contributed by atoms with Gasteiger partial charge in [-0.25, -0.2) is 4.79 Å². The lowest BCUT2D eigenvalue weighted by Gasteiger charge is -2.15. The molecular formula is C12H12N2O3. The molecule has 1 fully saturated rings. The van der Waals surface area contributed by atoms with E-state index in [1.54, 1.807) is 18.2 Å². The largest absolute Gasteiger partial charge is 0.497 e. The molecule has 5 heteroatoms. The first-order valence-electron chi connectivity index (χ1n) is 5.21. The van der Waals surface area contributed by atoms with Gasteiger partial charge in [0.1, 0.15) is 17.4 Å². The van der Waals surface area contributed by atoms with Crippen molar-refractivity contribution in [3.05, 3.63) is 23.8 Å². The summed E-state index contributed by atoms with van der Waals surface area (Å²) in [5.74, 6) is -0.295. The number of anilines is 1. The molecule has 0 unspecified atom stereocenters. The van der Waals surface area contributed by atoms with Crippen molar-refractivity contribution < 1.29 is 14.6 Å². The fourth-order valence-corrected chi connectivity index (χ4v) is 1.63. The number of hydrogen-bond donors (Lipinski definition) is 2. The summed E-state index contributed by atoms with van der Waals surface area (Å²) in [6.07, 6.45) is 1.15. The number of nitrogens with zero attached hydrogens (tertiary/aromatic N) is 1. The molecule has 2 N–H and O–H groups in total. The monoisotopic (exact) mass is 232 g/mol. The van der Waals surface area contributed by atoms with Crippen molar-refractivity contribution in [2.75, 3.05) is 12.4 Å². The smallest absolute Gasteiger partial charge is 0.329 e. The van der Waals surface area contributed by atoms with E-state index < -0.39 is 11.5 Å². The summed E-state index contributed by atoms with van der Waals surface area (Å²) in [6.45, 7) is 0. The minimum atomic E-state index is -0.905. The van der Waals surface area contributed by atoms with E-state index in [0.717, 1.165) is 0 Å². The zero-order chi connectivity index (χ0) is 12.5. The number of ether oxygens (including phenoxy) is 1. The predicted octanol–water partition coefficient (Wildman–Crippen LogP) is 1.60. The Labute approximate surface area is 98.6 Å². The third-order valence-electron chi connectivity index (χ3n) is 2.88. The molecule has 1 aromatic carbocycles. The van der Waals surface area contributed by atoms with Crippen LogP contribution in [0.4, 0.5) is 5.69 Å². The van der Waals surface area contributed by atoms with Crippen molar-refractivity contribution in [2.45, 2.75) is 18.4 Å². The number of carboxylic acids is 1. The van der Waals surface area contributed by atoms with Crippen molar-refractivity contribution in [2.24, 2.45) is 0 Å². The van der Waals surface area contributed by atoms with Crippen LogP contribution >= 0.6 is 0 Å². The molecule has 0 bridgehead atoms. The lowest BCUT2D eigenvalue weighted by Crippen LogP contribution is -2.31. The van der Waals surface area contributed by atoms with Gasteiger partial charge in [-0.1, -0.05) is 0 Å². The second-order valence-corrected chi connectivity index (χ2v) is 4.04. The Morgan fingerprint density at radius 3 is 2.76 bits per heavy atom. The highest BCUT2D eigenvalue weighted by Gasteiger charge is 2.50. The fourth-order valence-electron chi connectivity index (χ4n) is 1.63. The van der Waals surface area contributed by atoms with Crippen LogP contribution in [0.15, 0.2) is 18.2 Å². The number of aliphatic carboxylic acids is 1. The number of carbonyl (C=O) groups is 1. The van der Waals surface area contributed by atoms with Crippen LogP contribution in [-0.2, 0) is 4.79 Å². The van der Waals surface area contributed by atoms with Gasteiger partial charge in [-0.15, -0.1) is 0 Å². The molecule has 0 atom stereocenters. The molecule has 5 nitrogen and oxygen atoms in total. The minimum Gasteiger partial charge on any atom is -0.497 e. The van der Waals surface area contributed by atoms with Gasteiger partial charge in [-0.2, -0.15) is 5.26 Å². The maximum absolute atomic E-state index is 11.1. The normalized spacial score (nSPS) is 15.8. The first-order chi connectivity index (χ1) is 8.11. The molecule has 0 spiro atoms. The summed E-state index contributed by atoms with van der Waals surface area (Å²) in [6, 6.07) is 6.95. The summed E-state index contributed by atoms with van der Waals surface area (Å²) in [5.41, 5.74) is 0.0166. The van der Waals surface area contributed by atoms with Crippen LogP contribution in [0.5, 0.6) is 5.75 Å². The van der Waals surface area contributed by atoms with Gasteiger partial charge in [0.2, 0.25) is 0 Å². The molecule has 0 aliphatic heterocycles. The maximum Gasteiger partial charge on any atom is 0.329 e. The molecule has 1 aliphatic rings. The molecule has 88 valence electrons. The Morgan fingerprint density at radius 2 is 2.29 bits per heavy atom.